The van der Waals surface area contributed by atoms with Crippen LogP contribution in [0.5, 0.6) is 0 Å². The first-order valence-corrected chi connectivity index (χ1v) is 8.69. The smallest absolute Gasteiger partial charge is 0.337 e. The average molecular weight is 365 g/mol. The summed E-state index contributed by atoms with van der Waals surface area (Å²) in [6.07, 6.45) is 0.470. The van der Waals surface area contributed by atoms with E-state index in [-0.39, 0.29) is 17.9 Å². The second-order valence-electron chi connectivity index (χ2n) is 6.67. The van der Waals surface area contributed by atoms with E-state index >= 15 is 0 Å². The van der Waals surface area contributed by atoms with E-state index in [2.05, 4.69) is 15.8 Å². The summed E-state index contributed by atoms with van der Waals surface area (Å²) in [5, 5.41) is 0. The van der Waals surface area contributed by atoms with Gasteiger partial charge in [0.2, 0.25) is 11.8 Å². The highest BCUT2D eigenvalue weighted by molar-refractivity contribution is 5.90. The van der Waals surface area contributed by atoms with E-state index in [0.29, 0.717) is 29.0 Å². The molecule has 1 aromatic heterocycles. The monoisotopic (exact) mass is 365 g/mol. The maximum atomic E-state index is 11.7. The number of hydrazine groups is 1. The molecule has 0 bridgehead atoms. The first kappa shape index (κ1) is 17.2. The third-order valence-corrected chi connectivity index (χ3v) is 4.75. The standard InChI is InChI=1S/C20H19N3O4/c1-11-8-17(24)22-23-18(11)12-6-7-15-16(10-12)27-19(21-15)13-4-3-5-14(9-13)20(25)26-2/h3-7,9-11,18,23H,8H2,1-2H3,(H,22,24). The fraction of sp³-hybridized carbons (Fsp3) is 0.250. The number of nitrogens with zero attached hydrogens (tertiary/aromatic N) is 1. The van der Waals surface area contributed by atoms with Crippen LogP contribution in [0.15, 0.2) is 46.9 Å². The molecule has 3 aromatic rings. The van der Waals surface area contributed by atoms with Crippen molar-refractivity contribution in [2.45, 2.75) is 19.4 Å². The molecular formula is C20H19N3O4. The molecule has 2 heterocycles. The Kier molecular flexibility index (Phi) is 4.37. The van der Waals surface area contributed by atoms with Crippen LogP contribution >= 0.6 is 0 Å². The van der Waals surface area contributed by atoms with Crippen molar-refractivity contribution in [2.24, 2.45) is 5.92 Å². The SMILES string of the molecule is COC(=O)c1cccc(-c2nc3ccc(C4NNC(=O)CC4C)cc3o2)c1. The van der Waals surface area contributed by atoms with Crippen LogP contribution in [0.3, 0.4) is 0 Å². The third-order valence-electron chi connectivity index (χ3n) is 4.75. The Morgan fingerprint density at radius 1 is 1.26 bits per heavy atom. The molecule has 1 fully saturated rings. The zero-order valence-electron chi connectivity index (χ0n) is 15.0. The number of nitrogens with one attached hydrogen (secondary N) is 2. The quantitative estimate of drug-likeness (QED) is 0.693. The van der Waals surface area contributed by atoms with Crippen LogP contribution in [0.2, 0.25) is 0 Å². The van der Waals surface area contributed by atoms with Gasteiger partial charge in [0, 0.05) is 12.0 Å². The summed E-state index contributed by atoms with van der Waals surface area (Å²) in [5.41, 5.74) is 9.27. The molecule has 1 aliphatic heterocycles. The highest BCUT2D eigenvalue weighted by Crippen LogP contribution is 2.31. The normalized spacial score (nSPS) is 19.7. The van der Waals surface area contributed by atoms with Crippen molar-refractivity contribution in [1.29, 1.82) is 0 Å². The van der Waals surface area contributed by atoms with Gasteiger partial charge in [-0.05, 0) is 41.8 Å². The molecule has 2 N–H and O–H groups in total. The molecule has 7 heteroatoms. The van der Waals surface area contributed by atoms with Crippen LogP contribution in [-0.2, 0) is 9.53 Å². The van der Waals surface area contributed by atoms with E-state index in [4.69, 9.17) is 9.15 Å². The molecule has 0 saturated carbocycles. The molecule has 1 amide bonds. The third kappa shape index (κ3) is 3.29. The van der Waals surface area contributed by atoms with Crippen molar-refractivity contribution in [3.63, 3.8) is 0 Å². The van der Waals surface area contributed by atoms with E-state index in [1.807, 2.05) is 31.2 Å². The predicted molar refractivity (Wildman–Crippen MR) is 98.6 cm³/mol. The van der Waals surface area contributed by atoms with Gasteiger partial charge in [-0.1, -0.05) is 19.1 Å². The van der Waals surface area contributed by atoms with Gasteiger partial charge in [-0.2, -0.15) is 0 Å². The number of carbonyl (C=O) groups is 2. The van der Waals surface area contributed by atoms with Crippen molar-refractivity contribution in [1.82, 2.24) is 15.8 Å². The number of amides is 1. The number of aromatic nitrogens is 1. The fourth-order valence-corrected chi connectivity index (χ4v) is 3.33. The van der Waals surface area contributed by atoms with Crippen LogP contribution in [0.4, 0.5) is 0 Å². The lowest BCUT2D eigenvalue weighted by Gasteiger charge is -2.30. The van der Waals surface area contributed by atoms with Crippen molar-refractivity contribution in [3.05, 3.63) is 53.6 Å². The van der Waals surface area contributed by atoms with Crippen LogP contribution in [0.1, 0.15) is 35.3 Å². The Morgan fingerprint density at radius 2 is 2.11 bits per heavy atom. The minimum Gasteiger partial charge on any atom is -0.465 e. The van der Waals surface area contributed by atoms with Gasteiger partial charge in [0.05, 0.1) is 18.7 Å². The van der Waals surface area contributed by atoms with E-state index < -0.39 is 5.97 Å². The van der Waals surface area contributed by atoms with E-state index in [9.17, 15) is 9.59 Å². The largest absolute Gasteiger partial charge is 0.465 e. The highest BCUT2D eigenvalue weighted by atomic mass is 16.5. The van der Waals surface area contributed by atoms with E-state index in [0.717, 1.165) is 11.1 Å². The molecule has 2 aromatic carbocycles. The second kappa shape index (κ2) is 6.85. The lowest BCUT2D eigenvalue weighted by molar-refractivity contribution is -0.125. The van der Waals surface area contributed by atoms with Gasteiger partial charge in [0.15, 0.2) is 5.58 Å². The van der Waals surface area contributed by atoms with Crippen molar-refractivity contribution in [2.75, 3.05) is 7.11 Å². The van der Waals surface area contributed by atoms with Gasteiger partial charge in [-0.25, -0.2) is 15.2 Å². The molecule has 0 radical (unpaired) electrons. The Bertz CT molecular complexity index is 1030. The molecular weight excluding hydrogens is 346 g/mol. The summed E-state index contributed by atoms with van der Waals surface area (Å²) in [6, 6.07) is 12.8. The van der Waals surface area contributed by atoms with Gasteiger partial charge in [0.25, 0.3) is 0 Å². The maximum Gasteiger partial charge on any atom is 0.337 e. The van der Waals surface area contributed by atoms with Gasteiger partial charge < -0.3 is 9.15 Å². The Morgan fingerprint density at radius 3 is 2.89 bits per heavy atom. The summed E-state index contributed by atoms with van der Waals surface area (Å²) >= 11 is 0. The zero-order valence-corrected chi connectivity index (χ0v) is 15.0. The number of hydrogen-bond donors (Lipinski definition) is 2. The molecule has 4 rings (SSSR count). The summed E-state index contributed by atoms with van der Waals surface area (Å²) in [7, 11) is 1.35. The maximum absolute atomic E-state index is 11.7. The molecule has 27 heavy (non-hydrogen) atoms. The number of esters is 1. The van der Waals surface area contributed by atoms with Crippen molar-refractivity contribution in [3.8, 4) is 11.5 Å². The molecule has 0 aliphatic carbocycles. The Balaban J connectivity index is 1.67. The lowest BCUT2D eigenvalue weighted by Crippen LogP contribution is -2.48. The number of ether oxygens (including phenoxy) is 1. The number of oxazole rings is 1. The van der Waals surface area contributed by atoms with Gasteiger partial charge in [-0.15, -0.1) is 0 Å². The van der Waals surface area contributed by atoms with Crippen molar-refractivity contribution >= 4 is 23.0 Å². The number of carbonyl (C=O) groups excluding carboxylic acids is 2. The minimum atomic E-state index is -0.408. The number of rotatable bonds is 3. The number of hydrogen-bond acceptors (Lipinski definition) is 6. The molecule has 138 valence electrons. The molecule has 2 unspecified atom stereocenters. The lowest BCUT2D eigenvalue weighted by atomic mass is 9.91. The number of methoxy groups -OCH3 is 1. The summed E-state index contributed by atoms with van der Waals surface area (Å²) in [6.45, 7) is 2.03. The van der Waals surface area contributed by atoms with E-state index in [1.54, 1.807) is 18.2 Å². The van der Waals surface area contributed by atoms with Gasteiger partial charge in [0.1, 0.15) is 5.52 Å². The van der Waals surface area contributed by atoms with Gasteiger partial charge >= 0.3 is 5.97 Å². The Labute approximate surface area is 155 Å². The zero-order chi connectivity index (χ0) is 19.0. The molecule has 7 nitrogen and oxygen atoms in total. The van der Waals surface area contributed by atoms with Crippen LogP contribution in [0, 0.1) is 5.92 Å². The topological polar surface area (TPSA) is 93.5 Å². The summed E-state index contributed by atoms with van der Waals surface area (Å²) in [4.78, 5) is 27.7. The highest BCUT2D eigenvalue weighted by Gasteiger charge is 2.27. The summed E-state index contributed by atoms with van der Waals surface area (Å²) < 4.78 is 10.7. The average Bonchev–Trinajstić information content (AvgIpc) is 3.11. The van der Waals surface area contributed by atoms with Gasteiger partial charge in [-0.3, -0.25) is 10.2 Å². The fourth-order valence-electron chi connectivity index (χ4n) is 3.33. The number of fused-ring (bicyclic) bond motifs is 1. The van der Waals surface area contributed by atoms with Crippen molar-refractivity contribution < 1.29 is 18.7 Å². The predicted octanol–water partition coefficient (Wildman–Crippen LogP) is 2.98. The van der Waals surface area contributed by atoms with Crippen LogP contribution in [0.25, 0.3) is 22.6 Å². The first-order chi connectivity index (χ1) is 13.0. The van der Waals surface area contributed by atoms with Crippen LogP contribution < -0.4 is 10.9 Å². The minimum absolute atomic E-state index is 0.00306. The molecule has 0 spiro atoms. The van der Waals surface area contributed by atoms with E-state index in [1.165, 1.54) is 7.11 Å². The second-order valence-corrected chi connectivity index (χ2v) is 6.67. The first-order valence-electron chi connectivity index (χ1n) is 8.69. The Hall–Kier alpha value is -3.19. The molecule has 1 saturated heterocycles. The summed E-state index contributed by atoms with van der Waals surface area (Å²) in [5.74, 6) is 0.183. The number of benzene rings is 2. The molecule has 1 aliphatic rings. The van der Waals surface area contributed by atoms with Crippen LogP contribution in [-0.4, -0.2) is 24.0 Å². The molecule has 2 atom stereocenters.